The number of carbonyl (C=O) groups is 2. The summed E-state index contributed by atoms with van der Waals surface area (Å²) in [6.07, 6.45) is 9.38. The van der Waals surface area contributed by atoms with E-state index in [1.807, 2.05) is 36.4 Å². The highest BCUT2D eigenvalue weighted by Gasteiger charge is 2.55. The summed E-state index contributed by atoms with van der Waals surface area (Å²) in [5.41, 5.74) is 2.55. The largest absolute Gasteiger partial charge is 0.345 e. The summed E-state index contributed by atoms with van der Waals surface area (Å²) in [5.74, 6) is 1.17. The first kappa shape index (κ1) is 26.3. The van der Waals surface area contributed by atoms with Crippen molar-refractivity contribution in [2.45, 2.75) is 77.5 Å². The number of benzene rings is 1. The Morgan fingerprint density at radius 3 is 2.48 bits per heavy atom. The highest BCUT2D eigenvalue weighted by molar-refractivity contribution is 6.46. The van der Waals surface area contributed by atoms with E-state index < -0.39 is 5.66 Å². The molecule has 40 heavy (non-hydrogen) atoms. The molecule has 0 bridgehead atoms. The van der Waals surface area contributed by atoms with Gasteiger partial charge in [0.2, 0.25) is 0 Å². The molecule has 2 fully saturated rings. The zero-order chi connectivity index (χ0) is 27.9. The fourth-order valence-electron chi connectivity index (χ4n) is 6.38. The van der Waals surface area contributed by atoms with Gasteiger partial charge in [-0.25, -0.2) is 0 Å². The van der Waals surface area contributed by atoms with Gasteiger partial charge < -0.3 is 10.2 Å². The summed E-state index contributed by atoms with van der Waals surface area (Å²) in [7, 11) is 0. The minimum absolute atomic E-state index is 0.0129. The Hall–Kier alpha value is -3.95. The van der Waals surface area contributed by atoms with Crippen LogP contribution in [0.15, 0.2) is 53.8 Å². The van der Waals surface area contributed by atoms with Crippen LogP contribution < -0.4 is 5.32 Å². The van der Waals surface area contributed by atoms with E-state index >= 15 is 0 Å². The van der Waals surface area contributed by atoms with Crippen LogP contribution in [0.5, 0.6) is 0 Å². The quantitative estimate of drug-likeness (QED) is 0.461. The summed E-state index contributed by atoms with van der Waals surface area (Å²) >= 11 is 0. The number of aliphatic imine (C=N–C) groups is 1. The predicted octanol–water partition coefficient (Wildman–Crippen LogP) is 4.24. The van der Waals surface area contributed by atoms with Gasteiger partial charge in [0.25, 0.3) is 11.8 Å². The van der Waals surface area contributed by atoms with Crippen molar-refractivity contribution in [1.82, 2.24) is 35.8 Å². The summed E-state index contributed by atoms with van der Waals surface area (Å²) in [6, 6.07) is 11.4. The Balaban J connectivity index is 1.30. The van der Waals surface area contributed by atoms with E-state index in [0.717, 1.165) is 49.7 Å². The molecule has 1 spiro atoms. The molecule has 3 aliphatic rings. The second-order valence-electron chi connectivity index (χ2n) is 12.4. The van der Waals surface area contributed by atoms with Gasteiger partial charge in [-0.15, -0.1) is 10.2 Å². The molecule has 10 nitrogen and oxygen atoms in total. The lowest BCUT2D eigenvalue weighted by molar-refractivity contribution is -0.134. The molecule has 2 amide bonds. The van der Waals surface area contributed by atoms with Gasteiger partial charge in [-0.05, 0) is 85.6 Å². The number of hydrogen-bond acceptors (Lipinski definition) is 7. The molecule has 2 aromatic heterocycles. The zero-order valence-corrected chi connectivity index (χ0v) is 23.3. The number of amides is 2. The number of nitrogens with zero attached hydrogens (tertiary/aromatic N) is 6. The molecule has 0 unspecified atom stereocenters. The first-order valence-corrected chi connectivity index (χ1v) is 14.2. The smallest absolute Gasteiger partial charge is 0.275 e. The van der Waals surface area contributed by atoms with Crippen molar-refractivity contribution in [1.29, 1.82) is 0 Å². The van der Waals surface area contributed by atoms with Crippen LogP contribution in [-0.2, 0) is 11.3 Å². The van der Waals surface area contributed by atoms with E-state index in [1.54, 1.807) is 12.4 Å². The average molecular weight is 541 g/mol. The van der Waals surface area contributed by atoms with Gasteiger partial charge in [0.05, 0.1) is 12.6 Å². The minimum Gasteiger partial charge on any atom is -0.345 e. The van der Waals surface area contributed by atoms with Crippen molar-refractivity contribution in [2.75, 3.05) is 0 Å². The topological polar surface area (TPSA) is 129 Å². The molecule has 3 aromatic rings. The van der Waals surface area contributed by atoms with Crippen LogP contribution in [0.3, 0.4) is 0 Å². The SMILES string of the molecule is CC(C)(C)C1CCC2(CC1)N=C(c1cccnc1)C(=O)N2[C@@H](c1ccc(C(=O)NCc2nn[nH]n2)cc1)C1CC1. The first-order valence-electron chi connectivity index (χ1n) is 14.2. The molecule has 2 aliphatic carbocycles. The Morgan fingerprint density at radius 1 is 1.12 bits per heavy atom. The number of tetrazole rings is 1. The van der Waals surface area contributed by atoms with Crippen molar-refractivity contribution >= 4 is 17.5 Å². The van der Waals surface area contributed by atoms with Crippen molar-refractivity contribution < 1.29 is 9.59 Å². The lowest BCUT2D eigenvalue weighted by Crippen LogP contribution is -2.52. The molecule has 0 saturated heterocycles. The molecule has 1 aromatic carbocycles. The van der Waals surface area contributed by atoms with Gasteiger partial charge in [0.15, 0.2) is 5.82 Å². The fourth-order valence-corrected chi connectivity index (χ4v) is 6.38. The second-order valence-corrected chi connectivity index (χ2v) is 12.4. The number of H-pyrrole nitrogens is 1. The second kappa shape index (κ2) is 10.2. The van der Waals surface area contributed by atoms with E-state index in [9.17, 15) is 9.59 Å². The van der Waals surface area contributed by atoms with Crippen molar-refractivity contribution in [2.24, 2.45) is 22.2 Å². The minimum atomic E-state index is -0.558. The third-order valence-corrected chi connectivity index (χ3v) is 8.79. The van der Waals surface area contributed by atoms with E-state index in [0.29, 0.717) is 28.9 Å². The van der Waals surface area contributed by atoms with Crippen LogP contribution in [0.1, 0.15) is 92.6 Å². The summed E-state index contributed by atoms with van der Waals surface area (Å²) in [4.78, 5) is 38.6. The Morgan fingerprint density at radius 2 is 1.88 bits per heavy atom. The number of aromatic amines is 1. The number of aromatic nitrogens is 5. The van der Waals surface area contributed by atoms with E-state index in [2.05, 4.69) is 56.6 Å². The first-order chi connectivity index (χ1) is 19.2. The van der Waals surface area contributed by atoms with Crippen LogP contribution >= 0.6 is 0 Å². The van der Waals surface area contributed by atoms with Gasteiger partial charge >= 0.3 is 0 Å². The lowest BCUT2D eigenvalue weighted by Gasteiger charge is -2.47. The number of rotatable bonds is 7. The molecule has 2 saturated carbocycles. The maximum absolute atomic E-state index is 14.3. The monoisotopic (exact) mass is 540 g/mol. The van der Waals surface area contributed by atoms with Gasteiger partial charge in [-0.3, -0.25) is 19.6 Å². The van der Waals surface area contributed by atoms with Gasteiger partial charge in [-0.1, -0.05) is 38.1 Å². The number of nitrogens with one attached hydrogen (secondary N) is 2. The predicted molar refractivity (Wildman–Crippen MR) is 149 cm³/mol. The number of carbonyl (C=O) groups excluding carboxylic acids is 2. The van der Waals surface area contributed by atoms with Gasteiger partial charge in [0.1, 0.15) is 11.4 Å². The highest BCUT2D eigenvalue weighted by Crippen LogP contribution is 2.54. The molecule has 1 atom stereocenters. The molecule has 2 N–H and O–H groups in total. The van der Waals surface area contributed by atoms with Crippen LogP contribution in [-0.4, -0.2) is 53.7 Å². The molecule has 3 heterocycles. The highest BCUT2D eigenvalue weighted by atomic mass is 16.2. The maximum Gasteiger partial charge on any atom is 0.275 e. The average Bonchev–Trinajstić information content (AvgIpc) is 3.58. The molecule has 0 radical (unpaired) electrons. The van der Waals surface area contributed by atoms with E-state index in [4.69, 9.17) is 4.99 Å². The molecule has 6 rings (SSSR count). The summed E-state index contributed by atoms with van der Waals surface area (Å²) < 4.78 is 0. The molecular formula is C30H36N8O2. The molecule has 1 aliphatic heterocycles. The molecule has 208 valence electrons. The van der Waals surface area contributed by atoms with Crippen LogP contribution in [0.2, 0.25) is 0 Å². The van der Waals surface area contributed by atoms with Crippen molar-refractivity contribution in [3.63, 3.8) is 0 Å². The van der Waals surface area contributed by atoms with Crippen molar-refractivity contribution in [3.8, 4) is 0 Å². The fraction of sp³-hybridized carbons (Fsp3) is 0.500. The third kappa shape index (κ3) is 5.02. The Labute approximate surface area is 234 Å². The Kier molecular flexibility index (Phi) is 6.72. The zero-order valence-electron chi connectivity index (χ0n) is 23.3. The number of hydrogen-bond donors (Lipinski definition) is 2. The third-order valence-electron chi connectivity index (χ3n) is 8.79. The van der Waals surface area contributed by atoms with E-state index in [1.165, 1.54) is 0 Å². The molecular weight excluding hydrogens is 504 g/mol. The summed E-state index contributed by atoms with van der Waals surface area (Å²) in [5, 5.41) is 16.5. The van der Waals surface area contributed by atoms with Crippen molar-refractivity contribution in [3.05, 3.63) is 71.3 Å². The van der Waals surface area contributed by atoms with Gasteiger partial charge in [-0.2, -0.15) is 5.21 Å². The van der Waals surface area contributed by atoms with E-state index in [-0.39, 0.29) is 29.8 Å². The lowest BCUT2D eigenvalue weighted by atomic mass is 9.69. The standard InChI is InChI=1S/C30H36N8O2/c1-29(2,3)23-12-14-30(15-13-23)33-25(22-5-4-16-31-17-22)28(40)38(30)26(19-6-7-19)20-8-10-21(11-9-20)27(39)32-18-24-34-36-37-35-24/h4-5,8-11,16-17,19,23,26H,6-7,12-15,18H2,1-3H3,(H,32,39)(H,34,35,36,37)/t23?,26-,30?/m1/s1. The summed E-state index contributed by atoms with van der Waals surface area (Å²) in [6.45, 7) is 7.12. The van der Waals surface area contributed by atoms with Crippen LogP contribution in [0.4, 0.5) is 0 Å². The Bertz CT molecular complexity index is 1380. The molecule has 10 heteroatoms. The van der Waals surface area contributed by atoms with Crippen LogP contribution in [0, 0.1) is 17.3 Å². The normalized spacial score (nSPS) is 23.8. The van der Waals surface area contributed by atoms with Crippen LogP contribution in [0.25, 0.3) is 0 Å². The maximum atomic E-state index is 14.3. The number of pyridine rings is 1. The van der Waals surface area contributed by atoms with Gasteiger partial charge in [0, 0.05) is 23.5 Å².